The molecule has 2 fully saturated rings. The first-order valence-corrected chi connectivity index (χ1v) is 10.9. The molecule has 0 aromatic rings. The van der Waals surface area contributed by atoms with Crippen LogP contribution in [-0.2, 0) is 0 Å². The number of nitrogens with one attached hydrogen (secondary N) is 1. The lowest BCUT2D eigenvalue weighted by Gasteiger charge is -2.33. The van der Waals surface area contributed by atoms with E-state index in [-0.39, 0.29) is 0 Å². The highest BCUT2D eigenvalue weighted by Crippen LogP contribution is 2.34. The third-order valence-corrected chi connectivity index (χ3v) is 6.41. The minimum absolute atomic E-state index is 0.761. The van der Waals surface area contributed by atoms with Crippen LogP contribution in [0.25, 0.3) is 0 Å². The molecule has 2 saturated carbocycles. The first-order valence-electron chi connectivity index (χ1n) is 10.9. The highest BCUT2D eigenvalue weighted by Gasteiger charge is 2.23. The van der Waals surface area contributed by atoms with Gasteiger partial charge in [-0.05, 0) is 49.2 Å². The van der Waals surface area contributed by atoms with Crippen LogP contribution >= 0.6 is 0 Å². The SMILES string of the molecule is C=C1C(NCCC2CCCCC2)=CC(C2CCCCC2)=CN1CCC. The number of hydrogen-bond donors (Lipinski definition) is 1. The van der Waals surface area contributed by atoms with E-state index in [1.54, 1.807) is 5.57 Å². The zero-order valence-corrected chi connectivity index (χ0v) is 16.4. The fourth-order valence-corrected chi connectivity index (χ4v) is 4.84. The lowest BCUT2D eigenvalue weighted by Crippen LogP contribution is -2.30. The van der Waals surface area contributed by atoms with Crippen LogP contribution in [-0.4, -0.2) is 18.0 Å². The van der Waals surface area contributed by atoms with Gasteiger partial charge in [-0.2, -0.15) is 0 Å². The van der Waals surface area contributed by atoms with Gasteiger partial charge in [-0.25, -0.2) is 0 Å². The van der Waals surface area contributed by atoms with Crippen LogP contribution in [0.2, 0.25) is 0 Å². The normalized spacial score (nSPS) is 23.4. The second-order valence-corrected chi connectivity index (χ2v) is 8.38. The molecular formula is C23H38N2. The summed E-state index contributed by atoms with van der Waals surface area (Å²) in [6, 6.07) is 0. The van der Waals surface area contributed by atoms with Crippen molar-refractivity contribution in [2.75, 3.05) is 13.1 Å². The third-order valence-electron chi connectivity index (χ3n) is 6.41. The van der Waals surface area contributed by atoms with Crippen LogP contribution in [0.5, 0.6) is 0 Å². The Labute approximate surface area is 155 Å². The molecule has 3 aliphatic rings. The summed E-state index contributed by atoms with van der Waals surface area (Å²) in [6.45, 7) is 8.84. The van der Waals surface area contributed by atoms with Crippen molar-refractivity contribution in [2.24, 2.45) is 11.8 Å². The summed E-state index contributed by atoms with van der Waals surface area (Å²) in [5.74, 6) is 1.70. The third kappa shape index (κ3) is 5.15. The van der Waals surface area contributed by atoms with Crippen molar-refractivity contribution in [2.45, 2.75) is 84.0 Å². The lowest BCUT2D eigenvalue weighted by molar-refractivity contribution is 0.336. The monoisotopic (exact) mass is 342 g/mol. The Morgan fingerprint density at radius 3 is 2.40 bits per heavy atom. The van der Waals surface area contributed by atoms with Gasteiger partial charge in [0.05, 0.1) is 11.4 Å². The van der Waals surface area contributed by atoms with Crippen molar-refractivity contribution in [1.82, 2.24) is 10.2 Å². The second-order valence-electron chi connectivity index (χ2n) is 8.38. The van der Waals surface area contributed by atoms with Gasteiger partial charge >= 0.3 is 0 Å². The molecule has 0 bridgehead atoms. The Balaban J connectivity index is 1.61. The molecule has 25 heavy (non-hydrogen) atoms. The summed E-state index contributed by atoms with van der Waals surface area (Å²) in [7, 11) is 0. The number of rotatable bonds is 7. The van der Waals surface area contributed by atoms with E-state index >= 15 is 0 Å². The van der Waals surface area contributed by atoms with Crippen LogP contribution < -0.4 is 5.32 Å². The molecule has 0 aromatic heterocycles. The van der Waals surface area contributed by atoms with Gasteiger partial charge in [-0.15, -0.1) is 0 Å². The molecule has 2 aliphatic carbocycles. The van der Waals surface area contributed by atoms with Gasteiger partial charge in [0, 0.05) is 19.3 Å². The van der Waals surface area contributed by atoms with Gasteiger partial charge < -0.3 is 10.2 Å². The Kier molecular flexibility index (Phi) is 7.07. The molecule has 0 aromatic carbocycles. The first kappa shape index (κ1) is 18.6. The molecule has 140 valence electrons. The number of nitrogens with zero attached hydrogens (tertiary/aromatic N) is 1. The van der Waals surface area contributed by atoms with Crippen LogP contribution in [0, 0.1) is 11.8 Å². The van der Waals surface area contributed by atoms with Crippen LogP contribution in [0.4, 0.5) is 0 Å². The lowest BCUT2D eigenvalue weighted by atomic mass is 9.83. The van der Waals surface area contributed by atoms with Crippen molar-refractivity contribution in [3.8, 4) is 0 Å². The summed E-state index contributed by atoms with van der Waals surface area (Å²) in [5, 5.41) is 3.76. The smallest absolute Gasteiger partial charge is 0.0578 e. The summed E-state index contributed by atoms with van der Waals surface area (Å²) in [6.07, 6.45) is 21.5. The molecule has 0 atom stereocenters. The maximum absolute atomic E-state index is 4.39. The topological polar surface area (TPSA) is 15.3 Å². The Bertz CT molecular complexity index is 490. The fourth-order valence-electron chi connectivity index (χ4n) is 4.84. The summed E-state index contributed by atoms with van der Waals surface area (Å²) in [5.41, 5.74) is 4.00. The minimum atomic E-state index is 0.761. The van der Waals surface area contributed by atoms with E-state index in [1.807, 2.05) is 0 Å². The molecule has 1 N–H and O–H groups in total. The fraction of sp³-hybridized carbons (Fsp3) is 0.739. The molecule has 0 amide bonds. The Morgan fingerprint density at radius 2 is 1.72 bits per heavy atom. The summed E-state index contributed by atoms with van der Waals surface area (Å²) in [4.78, 5) is 2.40. The predicted molar refractivity (Wildman–Crippen MR) is 108 cm³/mol. The highest BCUT2D eigenvalue weighted by atomic mass is 15.1. The van der Waals surface area contributed by atoms with E-state index in [0.29, 0.717) is 0 Å². The van der Waals surface area contributed by atoms with E-state index in [4.69, 9.17) is 0 Å². The molecule has 0 unspecified atom stereocenters. The Hall–Kier alpha value is -1.18. The second kappa shape index (κ2) is 9.50. The minimum Gasteiger partial charge on any atom is -0.383 e. The van der Waals surface area contributed by atoms with E-state index in [0.717, 1.165) is 24.9 Å². The molecule has 0 spiro atoms. The molecule has 3 rings (SSSR count). The Morgan fingerprint density at radius 1 is 1.04 bits per heavy atom. The van der Waals surface area contributed by atoms with Crippen LogP contribution in [0.3, 0.4) is 0 Å². The van der Waals surface area contributed by atoms with Gasteiger partial charge in [0.1, 0.15) is 0 Å². The van der Waals surface area contributed by atoms with Crippen molar-refractivity contribution in [1.29, 1.82) is 0 Å². The number of allylic oxidation sites excluding steroid dienone is 2. The molecule has 0 radical (unpaired) electrons. The van der Waals surface area contributed by atoms with Gasteiger partial charge in [0.25, 0.3) is 0 Å². The summed E-state index contributed by atoms with van der Waals surface area (Å²) >= 11 is 0. The van der Waals surface area contributed by atoms with Gasteiger partial charge in [0.2, 0.25) is 0 Å². The average Bonchev–Trinajstić information content (AvgIpc) is 2.66. The zero-order chi connectivity index (χ0) is 17.5. The first-order chi connectivity index (χ1) is 12.3. The standard InChI is InChI=1S/C23H38N2/c1-3-16-25-18-22(21-12-8-5-9-13-21)17-23(19(25)2)24-15-14-20-10-6-4-7-11-20/h17-18,20-21,24H,2-16H2,1H3. The molecule has 1 aliphatic heterocycles. The van der Waals surface area contributed by atoms with Gasteiger partial charge in [-0.3, -0.25) is 0 Å². The molecule has 2 heteroatoms. The zero-order valence-electron chi connectivity index (χ0n) is 16.4. The van der Waals surface area contributed by atoms with E-state index in [1.165, 1.54) is 88.4 Å². The highest BCUT2D eigenvalue weighted by molar-refractivity contribution is 5.40. The average molecular weight is 343 g/mol. The maximum atomic E-state index is 4.39. The van der Waals surface area contributed by atoms with Gasteiger partial charge in [0.15, 0.2) is 0 Å². The molecule has 0 saturated heterocycles. The van der Waals surface area contributed by atoms with Crippen LogP contribution in [0.1, 0.15) is 84.0 Å². The van der Waals surface area contributed by atoms with E-state index < -0.39 is 0 Å². The maximum Gasteiger partial charge on any atom is 0.0578 e. The van der Waals surface area contributed by atoms with Crippen molar-refractivity contribution in [3.05, 3.63) is 35.8 Å². The van der Waals surface area contributed by atoms with E-state index in [2.05, 4.69) is 36.0 Å². The van der Waals surface area contributed by atoms with Crippen LogP contribution in [0.15, 0.2) is 35.8 Å². The van der Waals surface area contributed by atoms with Crippen molar-refractivity contribution < 1.29 is 0 Å². The summed E-state index contributed by atoms with van der Waals surface area (Å²) < 4.78 is 0. The quantitative estimate of drug-likeness (QED) is 0.598. The molecule has 2 nitrogen and oxygen atoms in total. The predicted octanol–water partition coefficient (Wildman–Crippen LogP) is 6.13. The molecular weight excluding hydrogens is 304 g/mol. The largest absolute Gasteiger partial charge is 0.383 e. The van der Waals surface area contributed by atoms with E-state index in [9.17, 15) is 0 Å². The van der Waals surface area contributed by atoms with Crippen molar-refractivity contribution in [3.63, 3.8) is 0 Å². The van der Waals surface area contributed by atoms with Crippen molar-refractivity contribution >= 4 is 0 Å². The molecule has 1 heterocycles. The van der Waals surface area contributed by atoms with Gasteiger partial charge in [-0.1, -0.05) is 64.9 Å². The number of hydrogen-bond acceptors (Lipinski definition) is 2.